The van der Waals surface area contributed by atoms with Crippen LogP contribution in [0.1, 0.15) is 47.4 Å². The van der Waals surface area contributed by atoms with E-state index in [1.54, 1.807) is 20.3 Å². The molecule has 1 heterocycles. The largest absolute Gasteiger partial charge is 0.495 e. The Balaban J connectivity index is 1.37. The highest BCUT2D eigenvalue weighted by Gasteiger charge is 2.44. The van der Waals surface area contributed by atoms with E-state index in [0.717, 1.165) is 43.5 Å². The number of hydrogen-bond acceptors (Lipinski definition) is 6. The van der Waals surface area contributed by atoms with E-state index in [2.05, 4.69) is 29.2 Å². The predicted octanol–water partition coefficient (Wildman–Crippen LogP) is 3.87. The fraction of sp³-hybridized carbons (Fsp3) is 0.462. The van der Waals surface area contributed by atoms with E-state index in [0.29, 0.717) is 23.6 Å². The van der Waals surface area contributed by atoms with Crippen LogP contribution in [-0.4, -0.2) is 44.0 Å². The van der Waals surface area contributed by atoms with Gasteiger partial charge in [-0.3, -0.25) is 4.79 Å². The van der Waals surface area contributed by atoms with Crippen LogP contribution in [0, 0.1) is 17.2 Å². The lowest BCUT2D eigenvalue weighted by Gasteiger charge is -2.35. The van der Waals surface area contributed by atoms with Crippen molar-refractivity contribution in [1.82, 2.24) is 0 Å². The zero-order chi connectivity index (χ0) is 23.1. The first kappa shape index (κ1) is 21.6. The van der Waals surface area contributed by atoms with E-state index in [-0.39, 0.29) is 24.0 Å². The molecule has 5 rings (SSSR count). The third-order valence-corrected chi connectivity index (χ3v) is 7.19. The highest BCUT2D eigenvalue weighted by molar-refractivity contribution is 5.75. The second-order valence-electron chi connectivity index (χ2n) is 9.19. The van der Waals surface area contributed by atoms with Crippen molar-refractivity contribution in [2.45, 2.75) is 50.4 Å². The minimum Gasteiger partial charge on any atom is -0.495 e. The molecular formula is C26H28N2O5. The van der Waals surface area contributed by atoms with Gasteiger partial charge in [0, 0.05) is 45.2 Å². The maximum atomic E-state index is 11.2. The van der Waals surface area contributed by atoms with Gasteiger partial charge in [0.15, 0.2) is 0 Å². The number of nitrogens with zero attached hydrogens (tertiary/aromatic N) is 2. The molecule has 1 aliphatic heterocycles. The molecule has 0 spiro atoms. The molecule has 2 fully saturated rings. The molecule has 172 valence electrons. The number of aliphatic carboxylic acids is 1. The van der Waals surface area contributed by atoms with Crippen LogP contribution in [0.5, 0.6) is 11.5 Å². The van der Waals surface area contributed by atoms with Gasteiger partial charge in [-0.2, -0.15) is 5.26 Å². The number of nitriles is 1. The molecule has 2 aromatic rings. The van der Waals surface area contributed by atoms with Crippen molar-refractivity contribution >= 4 is 11.7 Å². The maximum absolute atomic E-state index is 11.2. The minimum atomic E-state index is -0.705. The Bertz CT molecular complexity index is 1120. The van der Waals surface area contributed by atoms with E-state index >= 15 is 0 Å². The molecule has 0 saturated heterocycles. The molecule has 0 aromatic heterocycles. The zero-order valence-corrected chi connectivity index (χ0v) is 18.9. The first-order chi connectivity index (χ1) is 16.0. The van der Waals surface area contributed by atoms with Crippen molar-refractivity contribution in [2.75, 3.05) is 25.7 Å². The number of hydrogen-bond donors (Lipinski definition) is 1. The summed E-state index contributed by atoms with van der Waals surface area (Å²) in [6, 6.07) is 12.4. The van der Waals surface area contributed by atoms with Gasteiger partial charge in [-0.15, -0.1) is 0 Å². The summed E-state index contributed by atoms with van der Waals surface area (Å²) in [5.74, 6) is 0.408. The lowest BCUT2D eigenvalue weighted by atomic mass is 9.92. The molecule has 1 N–H and O–H groups in total. The first-order valence-corrected chi connectivity index (χ1v) is 11.4. The molecule has 0 bridgehead atoms. The smallest absolute Gasteiger partial charge is 0.307 e. The van der Waals surface area contributed by atoms with Crippen molar-refractivity contribution in [1.29, 1.82) is 5.26 Å². The third-order valence-electron chi connectivity index (χ3n) is 7.19. The molecule has 2 aliphatic carbocycles. The van der Waals surface area contributed by atoms with Gasteiger partial charge in [0.05, 0.1) is 24.8 Å². The van der Waals surface area contributed by atoms with Crippen LogP contribution in [-0.2, 0) is 22.5 Å². The Morgan fingerprint density at radius 3 is 2.61 bits per heavy atom. The van der Waals surface area contributed by atoms with Crippen molar-refractivity contribution in [2.24, 2.45) is 5.92 Å². The van der Waals surface area contributed by atoms with Crippen LogP contribution in [0.25, 0.3) is 0 Å². The van der Waals surface area contributed by atoms with Crippen molar-refractivity contribution in [3.63, 3.8) is 0 Å². The van der Waals surface area contributed by atoms with Crippen LogP contribution < -0.4 is 14.4 Å². The number of ether oxygens (including phenoxy) is 3. The Kier molecular flexibility index (Phi) is 5.63. The number of carboxylic acids is 1. The number of carboxylic acid groups (broad SMARTS) is 1. The Hall–Kier alpha value is -3.24. The van der Waals surface area contributed by atoms with Gasteiger partial charge in [-0.1, -0.05) is 18.2 Å². The molecule has 2 saturated carbocycles. The fourth-order valence-corrected chi connectivity index (χ4v) is 5.01. The topological polar surface area (TPSA) is 92.0 Å². The maximum Gasteiger partial charge on any atom is 0.307 e. The molecule has 2 aromatic carbocycles. The average Bonchev–Trinajstić information content (AvgIpc) is 3.61. The van der Waals surface area contributed by atoms with Gasteiger partial charge in [0.25, 0.3) is 0 Å². The van der Waals surface area contributed by atoms with E-state index in [1.165, 1.54) is 11.1 Å². The second-order valence-corrected chi connectivity index (χ2v) is 9.19. The molecule has 0 amide bonds. The summed E-state index contributed by atoms with van der Waals surface area (Å²) < 4.78 is 17.0. The monoisotopic (exact) mass is 448 g/mol. The normalized spacial score (nSPS) is 25.4. The summed E-state index contributed by atoms with van der Waals surface area (Å²) in [6.07, 6.45) is 3.64. The number of anilines is 1. The van der Waals surface area contributed by atoms with Gasteiger partial charge >= 0.3 is 5.97 Å². The molecule has 7 heteroatoms. The van der Waals surface area contributed by atoms with Crippen LogP contribution in [0.15, 0.2) is 30.3 Å². The van der Waals surface area contributed by atoms with Crippen molar-refractivity contribution in [3.05, 3.63) is 52.6 Å². The third kappa shape index (κ3) is 4.11. The zero-order valence-electron chi connectivity index (χ0n) is 18.9. The van der Waals surface area contributed by atoms with Gasteiger partial charge in [-0.25, -0.2) is 0 Å². The van der Waals surface area contributed by atoms with Gasteiger partial charge < -0.3 is 24.2 Å². The van der Waals surface area contributed by atoms with E-state index < -0.39 is 5.97 Å². The summed E-state index contributed by atoms with van der Waals surface area (Å²) >= 11 is 0. The molecule has 2 atom stereocenters. The van der Waals surface area contributed by atoms with E-state index in [4.69, 9.17) is 14.2 Å². The van der Waals surface area contributed by atoms with E-state index in [1.807, 2.05) is 6.07 Å². The summed E-state index contributed by atoms with van der Waals surface area (Å²) in [5, 5.41) is 19.1. The summed E-state index contributed by atoms with van der Waals surface area (Å²) in [7, 11) is 3.29. The number of methoxy groups -OCH3 is 2. The van der Waals surface area contributed by atoms with Crippen LogP contribution in [0.3, 0.4) is 0 Å². The quantitative estimate of drug-likeness (QED) is 0.687. The molecule has 0 radical (unpaired) electrons. The van der Waals surface area contributed by atoms with Crippen molar-refractivity contribution < 1.29 is 24.1 Å². The van der Waals surface area contributed by atoms with Gasteiger partial charge in [-0.05, 0) is 35.4 Å². The fourth-order valence-electron chi connectivity index (χ4n) is 5.01. The number of benzene rings is 2. The van der Waals surface area contributed by atoms with Gasteiger partial charge in [0.1, 0.15) is 29.2 Å². The lowest BCUT2D eigenvalue weighted by molar-refractivity contribution is -0.138. The standard InChI is InChI=1S/C26H28N2O5/c1-31-18-8-19(9-18)33-20-10-24(23(13-27)25(11-20)32-2)28-6-5-15-7-16(3-4-17(15)14-28)21-12-22(21)26(29)30/h3-4,7,10-11,18-19,21-22H,5-6,8-9,12,14H2,1-2H3,(H,29,30)/t18-,19-,21-,22+/m1/s1. The second kappa shape index (κ2) is 8.60. The molecular weight excluding hydrogens is 420 g/mol. The van der Waals surface area contributed by atoms with Crippen molar-refractivity contribution in [3.8, 4) is 17.6 Å². The molecule has 33 heavy (non-hydrogen) atoms. The molecule has 0 unspecified atom stereocenters. The Morgan fingerprint density at radius 1 is 1.12 bits per heavy atom. The van der Waals surface area contributed by atoms with Crippen LogP contribution in [0.2, 0.25) is 0 Å². The van der Waals surface area contributed by atoms with Crippen LogP contribution >= 0.6 is 0 Å². The van der Waals surface area contributed by atoms with Gasteiger partial charge in [0.2, 0.25) is 0 Å². The predicted molar refractivity (Wildman–Crippen MR) is 122 cm³/mol. The van der Waals surface area contributed by atoms with Crippen LogP contribution in [0.4, 0.5) is 5.69 Å². The Labute approximate surface area is 193 Å². The number of rotatable bonds is 7. The highest BCUT2D eigenvalue weighted by atomic mass is 16.5. The number of carbonyl (C=O) groups is 1. The molecule has 7 nitrogen and oxygen atoms in total. The number of fused-ring (bicyclic) bond motifs is 1. The summed E-state index contributed by atoms with van der Waals surface area (Å²) in [4.78, 5) is 13.4. The Morgan fingerprint density at radius 2 is 1.94 bits per heavy atom. The SMILES string of the molecule is COc1cc(O[C@H]2C[C@H](OC)C2)cc(N2CCc3cc([C@H]4C[C@@H]4C(=O)O)ccc3C2)c1C#N. The minimum absolute atomic E-state index is 0.109. The highest BCUT2D eigenvalue weighted by Crippen LogP contribution is 2.48. The summed E-state index contributed by atoms with van der Waals surface area (Å²) in [6.45, 7) is 1.44. The average molecular weight is 449 g/mol. The molecule has 3 aliphatic rings. The first-order valence-electron chi connectivity index (χ1n) is 11.4. The van der Waals surface area contributed by atoms with E-state index in [9.17, 15) is 15.2 Å². The lowest BCUT2D eigenvalue weighted by Crippen LogP contribution is -2.38. The summed E-state index contributed by atoms with van der Waals surface area (Å²) in [5.41, 5.74) is 4.92.